The third kappa shape index (κ3) is 5.14. The molecule has 0 aliphatic heterocycles. The van der Waals surface area contributed by atoms with Crippen LogP contribution in [0.2, 0.25) is 0 Å². The molecule has 0 bridgehead atoms. The molecule has 0 aliphatic rings. The predicted octanol–water partition coefficient (Wildman–Crippen LogP) is 5.10. The first-order valence-corrected chi connectivity index (χ1v) is 11.3. The van der Waals surface area contributed by atoms with Gasteiger partial charge in [0.15, 0.2) is 11.5 Å². The molecule has 4 rings (SSSR count). The molecule has 0 saturated heterocycles. The molecule has 3 aromatic carbocycles. The third-order valence-corrected chi connectivity index (χ3v) is 5.74. The van der Waals surface area contributed by atoms with E-state index in [0.717, 1.165) is 16.5 Å². The minimum absolute atomic E-state index is 0.0836. The lowest BCUT2D eigenvalue weighted by molar-refractivity contribution is 0.0984. The van der Waals surface area contributed by atoms with E-state index in [9.17, 15) is 9.59 Å². The van der Waals surface area contributed by atoms with Crippen LogP contribution in [0.4, 0.5) is 5.69 Å². The lowest BCUT2D eigenvalue weighted by atomic mass is 10.1. The lowest BCUT2D eigenvalue weighted by Gasteiger charge is -2.24. The molecule has 4 aromatic rings. The number of methoxy groups -OCH3 is 2. The van der Waals surface area contributed by atoms with Gasteiger partial charge in [0.2, 0.25) is 0 Å². The molecule has 1 heterocycles. The van der Waals surface area contributed by atoms with Crippen LogP contribution in [0.25, 0.3) is 10.9 Å². The molecule has 180 valence electrons. The number of ether oxygens (including phenoxy) is 3. The molecule has 0 aliphatic carbocycles. The highest BCUT2D eigenvalue weighted by molar-refractivity contribution is 6.06. The van der Waals surface area contributed by atoms with Crippen molar-refractivity contribution in [3.8, 4) is 17.2 Å². The Hall–Kier alpha value is -4.26. The first kappa shape index (κ1) is 23.9. The Labute approximate surface area is 203 Å². The van der Waals surface area contributed by atoms with Gasteiger partial charge in [0.1, 0.15) is 5.75 Å². The number of anilines is 1. The largest absolute Gasteiger partial charge is 0.494 e. The highest BCUT2D eigenvalue weighted by atomic mass is 16.5. The molecular formula is C28H28N2O5. The van der Waals surface area contributed by atoms with Gasteiger partial charge in [0.25, 0.3) is 11.5 Å². The summed E-state index contributed by atoms with van der Waals surface area (Å²) in [4.78, 5) is 31.2. The lowest BCUT2D eigenvalue weighted by Crippen LogP contribution is -2.33. The van der Waals surface area contributed by atoms with E-state index in [4.69, 9.17) is 14.2 Å². The van der Waals surface area contributed by atoms with Crippen molar-refractivity contribution >= 4 is 22.5 Å². The summed E-state index contributed by atoms with van der Waals surface area (Å²) >= 11 is 0. The SMILES string of the molecule is CCOc1ccc(N(Cc2cc3ccc(C)cc3[nH]c2=O)C(=O)c2ccc(OC)c(OC)c2)cc1. The molecule has 7 heteroatoms. The number of hydrogen-bond donors (Lipinski definition) is 1. The second kappa shape index (κ2) is 10.3. The minimum atomic E-state index is -0.279. The minimum Gasteiger partial charge on any atom is -0.494 e. The maximum Gasteiger partial charge on any atom is 0.258 e. The zero-order valence-corrected chi connectivity index (χ0v) is 20.3. The Bertz CT molecular complexity index is 1410. The first-order valence-electron chi connectivity index (χ1n) is 11.3. The molecule has 0 radical (unpaired) electrons. The van der Waals surface area contributed by atoms with Crippen LogP contribution in [0.3, 0.4) is 0 Å². The number of aromatic nitrogens is 1. The normalized spacial score (nSPS) is 10.7. The van der Waals surface area contributed by atoms with E-state index in [-0.39, 0.29) is 18.0 Å². The van der Waals surface area contributed by atoms with Gasteiger partial charge in [0, 0.05) is 22.3 Å². The highest BCUT2D eigenvalue weighted by Gasteiger charge is 2.21. The number of rotatable bonds is 8. The number of aryl methyl sites for hydroxylation is 1. The van der Waals surface area contributed by atoms with Crippen LogP contribution in [0.5, 0.6) is 17.2 Å². The molecule has 0 atom stereocenters. The fourth-order valence-corrected chi connectivity index (χ4v) is 3.94. The van der Waals surface area contributed by atoms with Gasteiger partial charge in [0.05, 0.1) is 27.4 Å². The molecule has 35 heavy (non-hydrogen) atoms. The summed E-state index contributed by atoms with van der Waals surface area (Å²) < 4.78 is 16.2. The van der Waals surface area contributed by atoms with Crippen molar-refractivity contribution in [3.63, 3.8) is 0 Å². The summed E-state index contributed by atoms with van der Waals surface area (Å²) in [7, 11) is 3.06. The van der Waals surface area contributed by atoms with Gasteiger partial charge >= 0.3 is 0 Å². The van der Waals surface area contributed by atoms with Gasteiger partial charge < -0.3 is 24.1 Å². The number of nitrogens with one attached hydrogen (secondary N) is 1. The van der Waals surface area contributed by atoms with Gasteiger partial charge in [-0.05, 0) is 79.4 Å². The molecule has 1 amide bonds. The van der Waals surface area contributed by atoms with E-state index in [1.807, 2.05) is 50.2 Å². The second-order valence-corrected chi connectivity index (χ2v) is 8.10. The molecule has 1 N–H and O–H groups in total. The van der Waals surface area contributed by atoms with Crippen LogP contribution in [-0.2, 0) is 6.54 Å². The monoisotopic (exact) mass is 472 g/mol. The van der Waals surface area contributed by atoms with E-state index in [1.54, 1.807) is 42.3 Å². The average Bonchev–Trinajstić information content (AvgIpc) is 2.87. The summed E-state index contributed by atoms with van der Waals surface area (Å²) in [6, 6.07) is 19.9. The Morgan fingerprint density at radius 2 is 1.66 bits per heavy atom. The fraction of sp³-hybridized carbons (Fsp3) is 0.214. The van der Waals surface area contributed by atoms with E-state index in [0.29, 0.717) is 40.7 Å². The topological polar surface area (TPSA) is 80.9 Å². The number of amides is 1. The smallest absolute Gasteiger partial charge is 0.258 e. The summed E-state index contributed by atoms with van der Waals surface area (Å²) in [5, 5.41) is 0.899. The Morgan fingerprint density at radius 3 is 2.34 bits per heavy atom. The molecule has 1 aromatic heterocycles. The highest BCUT2D eigenvalue weighted by Crippen LogP contribution is 2.30. The van der Waals surface area contributed by atoms with Crippen LogP contribution < -0.4 is 24.7 Å². The van der Waals surface area contributed by atoms with Crippen molar-refractivity contribution in [2.45, 2.75) is 20.4 Å². The molecule has 7 nitrogen and oxygen atoms in total. The van der Waals surface area contributed by atoms with Crippen LogP contribution in [-0.4, -0.2) is 31.7 Å². The van der Waals surface area contributed by atoms with Crippen LogP contribution in [0.15, 0.2) is 71.5 Å². The standard InChI is InChI=1S/C28H28N2O5/c1-5-35-23-11-9-22(10-12-23)30(28(32)20-8-13-25(33-3)26(16-20)34-4)17-21-15-19-7-6-18(2)14-24(19)29-27(21)31/h6-16H,5,17H2,1-4H3,(H,29,31). The van der Waals surface area contributed by atoms with Gasteiger partial charge in [-0.2, -0.15) is 0 Å². The van der Waals surface area contributed by atoms with Gasteiger partial charge in [-0.15, -0.1) is 0 Å². The summed E-state index contributed by atoms with van der Waals surface area (Å²) in [5.41, 5.74) is 3.10. The van der Waals surface area contributed by atoms with E-state index < -0.39 is 0 Å². The second-order valence-electron chi connectivity index (χ2n) is 8.10. The maximum absolute atomic E-state index is 13.7. The van der Waals surface area contributed by atoms with E-state index in [1.165, 1.54) is 7.11 Å². The third-order valence-electron chi connectivity index (χ3n) is 5.74. The average molecular weight is 473 g/mol. The number of carbonyl (C=O) groups excluding carboxylic acids is 1. The Morgan fingerprint density at radius 1 is 0.914 bits per heavy atom. The number of nitrogens with zero attached hydrogens (tertiary/aromatic N) is 1. The van der Waals surface area contributed by atoms with Crippen molar-refractivity contribution in [1.82, 2.24) is 4.98 Å². The number of carbonyl (C=O) groups is 1. The zero-order valence-electron chi connectivity index (χ0n) is 20.3. The molecule has 0 unspecified atom stereocenters. The van der Waals surface area contributed by atoms with Crippen molar-refractivity contribution in [2.24, 2.45) is 0 Å². The van der Waals surface area contributed by atoms with Crippen molar-refractivity contribution in [3.05, 3.63) is 93.8 Å². The zero-order chi connectivity index (χ0) is 24.9. The summed E-state index contributed by atoms with van der Waals surface area (Å²) in [5.74, 6) is 1.40. The number of fused-ring (bicyclic) bond motifs is 1. The Balaban J connectivity index is 1.77. The number of aromatic amines is 1. The van der Waals surface area contributed by atoms with Gasteiger partial charge in [-0.3, -0.25) is 9.59 Å². The van der Waals surface area contributed by atoms with E-state index >= 15 is 0 Å². The molecule has 0 spiro atoms. The van der Waals surface area contributed by atoms with Crippen LogP contribution in [0, 0.1) is 6.92 Å². The molecule has 0 saturated carbocycles. The molecule has 0 fully saturated rings. The van der Waals surface area contributed by atoms with Crippen molar-refractivity contribution in [2.75, 3.05) is 25.7 Å². The quantitative estimate of drug-likeness (QED) is 0.386. The van der Waals surface area contributed by atoms with Crippen LogP contribution >= 0.6 is 0 Å². The number of H-pyrrole nitrogens is 1. The fourth-order valence-electron chi connectivity index (χ4n) is 3.94. The van der Waals surface area contributed by atoms with Crippen LogP contribution in [0.1, 0.15) is 28.4 Å². The van der Waals surface area contributed by atoms with Gasteiger partial charge in [-0.1, -0.05) is 12.1 Å². The maximum atomic E-state index is 13.7. The van der Waals surface area contributed by atoms with E-state index in [2.05, 4.69) is 4.98 Å². The number of benzene rings is 3. The van der Waals surface area contributed by atoms with Crippen molar-refractivity contribution in [1.29, 1.82) is 0 Å². The number of hydrogen-bond acceptors (Lipinski definition) is 5. The van der Waals surface area contributed by atoms with Gasteiger partial charge in [-0.25, -0.2) is 0 Å². The molecular weight excluding hydrogens is 444 g/mol. The van der Waals surface area contributed by atoms with Crippen molar-refractivity contribution < 1.29 is 19.0 Å². The Kier molecular flexibility index (Phi) is 7.06. The predicted molar refractivity (Wildman–Crippen MR) is 137 cm³/mol. The summed E-state index contributed by atoms with van der Waals surface area (Å²) in [6.07, 6.45) is 0. The first-order chi connectivity index (χ1) is 16.9. The number of pyridine rings is 1. The summed E-state index contributed by atoms with van der Waals surface area (Å²) in [6.45, 7) is 4.51.